The Labute approximate surface area is 101 Å². The maximum absolute atomic E-state index is 5.44. The summed E-state index contributed by atoms with van der Waals surface area (Å²) >= 11 is 0. The van der Waals surface area contributed by atoms with Crippen LogP contribution in [0.25, 0.3) is 0 Å². The van der Waals surface area contributed by atoms with Crippen LogP contribution in [0.3, 0.4) is 0 Å². The van der Waals surface area contributed by atoms with Crippen molar-refractivity contribution in [1.82, 2.24) is 20.6 Å². The number of nitrogens with one attached hydrogen (secondary N) is 3. The summed E-state index contributed by atoms with van der Waals surface area (Å²) in [5.41, 5.74) is 2.60. The molecule has 0 saturated carbocycles. The fourth-order valence-electron chi connectivity index (χ4n) is 2.55. The van der Waals surface area contributed by atoms with Crippen molar-refractivity contribution < 1.29 is 4.74 Å². The number of imidazole rings is 1. The van der Waals surface area contributed by atoms with E-state index >= 15 is 0 Å². The topological polar surface area (TPSA) is 62.0 Å². The second-order valence-electron chi connectivity index (χ2n) is 5.35. The number of rotatable bonds is 3. The Bertz CT molecular complexity index is 384. The van der Waals surface area contributed by atoms with Crippen molar-refractivity contribution in [2.45, 2.75) is 37.9 Å². The van der Waals surface area contributed by atoms with Gasteiger partial charge in [-0.3, -0.25) is 0 Å². The fraction of sp³-hybridized carbons (Fsp3) is 0.750. The van der Waals surface area contributed by atoms with E-state index < -0.39 is 0 Å². The summed E-state index contributed by atoms with van der Waals surface area (Å²) in [5.74, 6) is 0. The number of hydrogen-bond acceptors (Lipinski definition) is 4. The Hall–Kier alpha value is -0.910. The predicted molar refractivity (Wildman–Crippen MR) is 64.8 cm³/mol. The molecule has 0 aromatic carbocycles. The molecule has 5 heteroatoms. The van der Waals surface area contributed by atoms with Crippen LogP contribution in [0, 0.1) is 0 Å². The van der Waals surface area contributed by atoms with Gasteiger partial charge in [0.15, 0.2) is 0 Å². The number of aromatic nitrogens is 2. The van der Waals surface area contributed by atoms with E-state index in [2.05, 4.69) is 27.5 Å². The van der Waals surface area contributed by atoms with E-state index in [0.29, 0.717) is 6.04 Å². The van der Waals surface area contributed by atoms with E-state index in [0.717, 1.165) is 39.1 Å². The molecular weight excluding hydrogens is 216 g/mol. The first-order valence-corrected chi connectivity index (χ1v) is 6.32. The molecule has 0 spiro atoms. The van der Waals surface area contributed by atoms with Crippen molar-refractivity contribution in [3.63, 3.8) is 0 Å². The first kappa shape index (κ1) is 11.2. The standard InChI is InChI=1S/C12H20N4O/c1-12(2-3-17-7-12)16-5-9-4-10-11(6-13-9)15-8-14-10/h8-9,13,16H,2-7H2,1H3,(H,14,15). The van der Waals surface area contributed by atoms with Crippen LogP contribution in [0.15, 0.2) is 6.33 Å². The fourth-order valence-corrected chi connectivity index (χ4v) is 2.55. The smallest absolute Gasteiger partial charge is 0.0925 e. The molecule has 1 fully saturated rings. The quantitative estimate of drug-likeness (QED) is 0.701. The summed E-state index contributed by atoms with van der Waals surface area (Å²) in [5, 5.41) is 7.15. The first-order chi connectivity index (χ1) is 8.25. The zero-order valence-electron chi connectivity index (χ0n) is 10.3. The van der Waals surface area contributed by atoms with Crippen molar-refractivity contribution in [2.75, 3.05) is 19.8 Å². The summed E-state index contributed by atoms with van der Waals surface area (Å²) in [7, 11) is 0. The highest BCUT2D eigenvalue weighted by Gasteiger charge is 2.30. The van der Waals surface area contributed by atoms with Crippen molar-refractivity contribution in [3.8, 4) is 0 Å². The van der Waals surface area contributed by atoms with E-state index in [4.69, 9.17) is 4.74 Å². The van der Waals surface area contributed by atoms with Crippen LogP contribution in [-0.2, 0) is 17.7 Å². The lowest BCUT2D eigenvalue weighted by atomic mass is 9.99. The lowest BCUT2D eigenvalue weighted by molar-refractivity contribution is 0.170. The summed E-state index contributed by atoms with van der Waals surface area (Å²) in [6, 6.07) is 0.475. The minimum atomic E-state index is 0.160. The van der Waals surface area contributed by atoms with Crippen molar-refractivity contribution in [2.24, 2.45) is 0 Å². The van der Waals surface area contributed by atoms with Crippen LogP contribution >= 0.6 is 0 Å². The third-order valence-electron chi connectivity index (χ3n) is 3.81. The molecule has 2 atom stereocenters. The van der Waals surface area contributed by atoms with E-state index in [1.54, 1.807) is 6.33 Å². The third-order valence-corrected chi connectivity index (χ3v) is 3.81. The van der Waals surface area contributed by atoms with Crippen LogP contribution < -0.4 is 10.6 Å². The van der Waals surface area contributed by atoms with Gasteiger partial charge in [-0.25, -0.2) is 4.98 Å². The number of hydrogen-bond donors (Lipinski definition) is 3. The Morgan fingerprint density at radius 3 is 3.41 bits per heavy atom. The molecule has 2 unspecified atom stereocenters. The van der Waals surface area contributed by atoms with Crippen LogP contribution in [0.4, 0.5) is 0 Å². The van der Waals surface area contributed by atoms with Gasteiger partial charge in [0, 0.05) is 37.7 Å². The molecule has 1 aromatic heterocycles. The number of nitrogens with zero attached hydrogens (tertiary/aromatic N) is 1. The van der Waals surface area contributed by atoms with Gasteiger partial charge in [-0.1, -0.05) is 0 Å². The average molecular weight is 236 g/mol. The minimum absolute atomic E-state index is 0.160. The highest BCUT2D eigenvalue weighted by molar-refractivity contribution is 5.16. The molecule has 2 aliphatic heterocycles. The van der Waals surface area contributed by atoms with Crippen molar-refractivity contribution in [3.05, 3.63) is 17.7 Å². The third kappa shape index (κ3) is 2.36. The SMILES string of the molecule is CC1(NCC2Cc3nc[nH]c3CN2)CCOC1. The number of fused-ring (bicyclic) bond motifs is 1. The minimum Gasteiger partial charge on any atom is -0.379 e. The number of aromatic amines is 1. The Morgan fingerprint density at radius 2 is 2.59 bits per heavy atom. The maximum Gasteiger partial charge on any atom is 0.0925 e. The Balaban J connectivity index is 1.54. The van der Waals surface area contributed by atoms with Gasteiger partial charge >= 0.3 is 0 Å². The van der Waals surface area contributed by atoms with E-state index in [9.17, 15) is 0 Å². The second-order valence-corrected chi connectivity index (χ2v) is 5.35. The second kappa shape index (κ2) is 4.40. The van der Waals surface area contributed by atoms with E-state index in [1.807, 2.05) is 0 Å². The van der Waals surface area contributed by atoms with E-state index in [1.165, 1.54) is 11.4 Å². The molecule has 3 N–H and O–H groups in total. The summed E-state index contributed by atoms with van der Waals surface area (Å²) in [6.45, 7) is 5.82. The summed E-state index contributed by atoms with van der Waals surface area (Å²) < 4.78 is 5.44. The van der Waals surface area contributed by atoms with Crippen LogP contribution in [0.1, 0.15) is 24.7 Å². The monoisotopic (exact) mass is 236 g/mol. The molecule has 0 radical (unpaired) electrons. The molecule has 94 valence electrons. The molecule has 1 aromatic rings. The predicted octanol–water partition coefficient (Wildman–Crippen LogP) is 0.193. The molecule has 3 rings (SSSR count). The van der Waals surface area contributed by atoms with Gasteiger partial charge in [-0.2, -0.15) is 0 Å². The van der Waals surface area contributed by atoms with Gasteiger partial charge < -0.3 is 20.4 Å². The lowest BCUT2D eigenvalue weighted by Gasteiger charge is -2.29. The van der Waals surface area contributed by atoms with Crippen LogP contribution in [0.2, 0.25) is 0 Å². The average Bonchev–Trinajstić information content (AvgIpc) is 2.95. The molecule has 1 saturated heterocycles. The molecule has 3 heterocycles. The Morgan fingerprint density at radius 1 is 1.65 bits per heavy atom. The van der Waals surface area contributed by atoms with Gasteiger partial charge in [0.05, 0.1) is 24.3 Å². The highest BCUT2D eigenvalue weighted by Crippen LogP contribution is 2.18. The lowest BCUT2D eigenvalue weighted by Crippen LogP contribution is -2.51. The molecule has 0 aliphatic carbocycles. The van der Waals surface area contributed by atoms with Gasteiger partial charge in [0.2, 0.25) is 0 Å². The van der Waals surface area contributed by atoms with Gasteiger partial charge in [-0.05, 0) is 13.3 Å². The van der Waals surface area contributed by atoms with Gasteiger partial charge in [0.1, 0.15) is 0 Å². The largest absolute Gasteiger partial charge is 0.379 e. The van der Waals surface area contributed by atoms with Crippen LogP contribution in [0.5, 0.6) is 0 Å². The molecule has 0 amide bonds. The zero-order valence-corrected chi connectivity index (χ0v) is 10.3. The number of H-pyrrole nitrogens is 1. The molecule has 5 nitrogen and oxygen atoms in total. The highest BCUT2D eigenvalue weighted by atomic mass is 16.5. The normalized spacial score (nSPS) is 32.6. The van der Waals surface area contributed by atoms with Gasteiger partial charge in [-0.15, -0.1) is 0 Å². The van der Waals surface area contributed by atoms with E-state index in [-0.39, 0.29) is 5.54 Å². The zero-order chi connectivity index (χ0) is 11.7. The Kier molecular flexibility index (Phi) is 2.90. The van der Waals surface area contributed by atoms with Crippen molar-refractivity contribution >= 4 is 0 Å². The summed E-state index contributed by atoms with van der Waals surface area (Å²) in [4.78, 5) is 7.52. The first-order valence-electron chi connectivity index (χ1n) is 6.32. The summed E-state index contributed by atoms with van der Waals surface area (Å²) in [6.07, 6.45) is 3.89. The molecule has 0 bridgehead atoms. The molecule has 17 heavy (non-hydrogen) atoms. The molecule has 2 aliphatic rings. The maximum atomic E-state index is 5.44. The number of ether oxygens (including phenoxy) is 1. The molecular formula is C12H20N4O. The van der Waals surface area contributed by atoms with Crippen molar-refractivity contribution in [1.29, 1.82) is 0 Å². The van der Waals surface area contributed by atoms with Gasteiger partial charge in [0.25, 0.3) is 0 Å². The van der Waals surface area contributed by atoms with Crippen LogP contribution in [-0.4, -0.2) is 41.3 Å².